The first-order chi connectivity index (χ1) is 10.5. The number of benzene rings is 2. The first kappa shape index (κ1) is 15.6. The van der Waals surface area contributed by atoms with Crippen molar-refractivity contribution in [2.24, 2.45) is 0 Å². The molecule has 0 bridgehead atoms. The third-order valence-electron chi connectivity index (χ3n) is 4.28. The largest absolute Gasteiger partial charge is 0.462 e. The summed E-state index contributed by atoms with van der Waals surface area (Å²) < 4.78 is 5.40. The van der Waals surface area contributed by atoms with Crippen LogP contribution in [0.15, 0.2) is 24.3 Å². The summed E-state index contributed by atoms with van der Waals surface area (Å²) in [5.41, 5.74) is 2.23. The van der Waals surface area contributed by atoms with Crippen LogP contribution >= 0.6 is 23.2 Å². The van der Waals surface area contributed by atoms with E-state index in [1.165, 1.54) is 5.39 Å². The molecule has 116 valence electrons. The number of cyclic esters (lactones) is 1. The molecule has 0 aromatic heterocycles. The Bertz CT molecular complexity index is 725. The minimum Gasteiger partial charge on any atom is -0.462 e. The maximum absolute atomic E-state index is 11.4. The zero-order chi connectivity index (χ0) is 15.7. The Morgan fingerprint density at radius 3 is 2.82 bits per heavy atom. The summed E-state index contributed by atoms with van der Waals surface area (Å²) in [6, 6.07) is 7.91. The van der Waals surface area contributed by atoms with Crippen LogP contribution in [-0.2, 0) is 16.0 Å². The predicted molar refractivity (Wildman–Crippen MR) is 90.8 cm³/mol. The number of carbonyl (C=O) groups is 1. The number of hydrogen-bond donors (Lipinski definition) is 0. The molecule has 0 amide bonds. The van der Waals surface area contributed by atoms with Crippen molar-refractivity contribution in [3.63, 3.8) is 0 Å². The van der Waals surface area contributed by atoms with E-state index >= 15 is 0 Å². The van der Waals surface area contributed by atoms with Crippen LogP contribution in [0.4, 0.5) is 0 Å². The van der Waals surface area contributed by atoms with Gasteiger partial charge in [-0.15, -0.1) is 0 Å². The number of rotatable bonds is 3. The van der Waals surface area contributed by atoms with Gasteiger partial charge < -0.3 is 4.74 Å². The third kappa shape index (κ3) is 3.23. The third-order valence-corrected chi connectivity index (χ3v) is 4.86. The van der Waals surface area contributed by atoms with Gasteiger partial charge in [0.15, 0.2) is 0 Å². The highest BCUT2D eigenvalue weighted by Crippen LogP contribution is 2.33. The highest BCUT2D eigenvalue weighted by molar-refractivity contribution is 6.33. The van der Waals surface area contributed by atoms with Gasteiger partial charge in [-0.3, -0.25) is 4.79 Å². The molecule has 2 nitrogen and oxygen atoms in total. The molecule has 2 aromatic carbocycles. The number of ether oxygens (including phenoxy) is 1. The average molecular weight is 337 g/mol. The molecule has 1 fully saturated rings. The maximum atomic E-state index is 11.4. The van der Waals surface area contributed by atoms with Gasteiger partial charge in [-0.05, 0) is 72.7 Å². The van der Waals surface area contributed by atoms with Crippen molar-refractivity contribution in [3.8, 4) is 0 Å². The lowest BCUT2D eigenvalue weighted by Gasteiger charge is -2.22. The standard InChI is InChI=1S/C18H18Cl2O2/c1-11-9-17(20)15(16-10-12(19)5-7-14(11)16)8-6-13-3-2-4-18(21)22-13/h5,7,9-10,13H,2-4,6,8H2,1H3. The van der Waals surface area contributed by atoms with Gasteiger partial charge in [0.1, 0.15) is 6.10 Å². The summed E-state index contributed by atoms with van der Waals surface area (Å²) in [6.45, 7) is 2.05. The highest BCUT2D eigenvalue weighted by atomic mass is 35.5. The van der Waals surface area contributed by atoms with E-state index in [-0.39, 0.29) is 12.1 Å². The topological polar surface area (TPSA) is 26.3 Å². The fourth-order valence-corrected chi connectivity index (χ4v) is 3.67. The molecule has 0 spiro atoms. The van der Waals surface area contributed by atoms with E-state index in [4.69, 9.17) is 27.9 Å². The molecule has 2 aromatic rings. The summed E-state index contributed by atoms with van der Waals surface area (Å²) in [4.78, 5) is 11.4. The second kappa shape index (κ2) is 6.47. The van der Waals surface area contributed by atoms with Gasteiger partial charge in [-0.25, -0.2) is 0 Å². The van der Waals surface area contributed by atoms with Crippen LogP contribution in [0, 0.1) is 6.92 Å². The van der Waals surface area contributed by atoms with Crippen LogP contribution < -0.4 is 0 Å². The molecule has 1 heterocycles. The average Bonchev–Trinajstić information content (AvgIpc) is 2.46. The van der Waals surface area contributed by atoms with Gasteiger partial charge in [0.2, 0.25) is 0 Å². The number of halogens is 2. The molecule has 1 aliphatic heterocycles. The zero-order valence-corrected chi connectivity index (χ0v) is 14.0. The minimum atomic E-state index is -0.0841. The van der Waals surface area contributed by atoms with E-state index in [0.29, 0.717) is 11.4 Å². The second-order valence-corrected chi connectivity index (χ2v) is 6.73. The normalized spacial score (nSPS) is 18.5. The Hall–Kier alpha value is -1.25. The lowest BCUT2D eigenvalue weighted by molar-refractivity contribution is -0.153. The number of aryl methyl sites for hydroxylation is 2. The van der Waals surface area contributed by atoms with E-state index in [1.807, 2.05) is 24.3 Å². The lowest BCUT2D eigenvalue weighted by Crippen LogP contribution is -2.23. The maximum Gasteiger partial charge on any atom is 0.306 e. The van der Waals surface area contributed by atoms with Crippen LogP contribution in [0.3, 0.4) is 0 Å². The molecule has 22 heavy (non-hydrogen) atoms. The van der Waals surface area contributed by atoms with Crippen molar-refractivity contribution >= 4 is 39.9 Å². The molecule has 3 rings (SSSR count). The summed E-state index contributed by atoms with van der Waals surface area (Å²) >= 11 is 12.6. The zero-order valence-electron chi connectivity index (χ0n) is 12.5. The van der Waals surface area contributed by atoms with Crippen LogP contribution in [0.5, 0.6) is 0 Å². The van der Waals surface area contributed by atoms with E-state index in [0.717, 1.165) is 47.2 Å². The van der Waals surface area contributed by atoms with Crippen molar-refractivity contribution in [1.29, 1.82) is 0 Å². The van der Waals surface area contributed by atoms with Gasteiger partial charge >= 0.3 is 5.97 Å². The summed E-state index contributed by atoms with van der Waals surface area (Å²) in [5.74, 6) is -0.0841. The Morgan fingerprint density at radius 2 is 2.05 bits per heavy atom. The van der Waals surface area contributed by atoms with E-state index in [2.05, 4.69) is 6.92 Å². The number of carbonyl (C=O) groups excluding carboxylic acids is 1. The fourth-order valence-electron chi connectivity index (χ4n) is 3.13. The molecule has 0 radical (unpaired) electrons. The van der Waals surface area contributed by atoms with Gasteiger partial charge in [0.05, 0.1) is 0 Å². The van der Waals surface area contributed by atoms with Gasteiger partial charge in [-0.2, -0.15) is 0 Å². The van der Waals surface area contributed by atoms with Crippen molar-refractivity contribution in [2.75, 3.05) is 0 Å². The van der Waals surface area contributed by atoms with Gasteiger partial charge in [0, 0.05) is 16.5 Å². The second-order valence-electron chi connectivity index (χ2n) is 5.89. The summed E-state index contributed by atoms with van der Waals surface area (Å²) in [6.07, 6.45) is 3.99. The Morgan fingerprint density at radius 1 is 1.23 bits per heavy atom. The van der Waals surface area contributed by atoms with Crippen molar-refractivity contribution in [3.05, 3.63) is 45.4 Å². The number of hydrogen-bond acceptors (Lipinski definition) is 2. The van der Waals surface area contributed by atoms with E-state index in [9.17, 15) is 4.79 Å². The van der Waals surface area contributed by atoms with Crippen molar-refractivity contribution in [2.45, 2.75) is 45.1 Å². The smallest absolute Gasteiger partial charge is 0.306 e. The summed E-state index contributed by atoms with van der Waals surface area (Å²) in [5, 5.41) is 3.73. The molecule has 1 saturated heterocycles. The van der Waals surface area contributed by atoms with Crippen LogP contribution in [0.1, 0.15) is 36.8 Å². The van der Waals surface area contributed by atoms with Gasteiger partial charge in [0.25, 0.3) is 0 Å². The Kier molecular flexibility index (Phi) is 4.60. The van der Waals surface area contributed by atoms with Crippen molar-refractivity contribution < 1.29 is 9.53 Å². The monoisotopic (exact) mass is 336 g/mol. The number of fused-ring (bicyclic) bond motifs is 1. The SMILES string of the molecule is Cc1cc(Cl)c(CCC2CCCC(=O)O2)c2cc(Cl)ccc12. The molecule has 1 atom stereocenters. The van der Waals surface area contributed by atoms with Gasteiger partial charge in [-0.1, -0.05) is 29.3 Å². The molecule has 4 heteroatoms. The summed E-state index contributed by atoms with van der Waals surface area (Å²) in [7, 11) is 0. The Labute approximate surface area is 140 Å². The molecule has 1 aliphatic rings. The van der Waals surface area contributed by atoms with E-state index in [1.54, 1.807) is 0 Å². The molecular formula is C18H18Cl2O2. The van der Waals surface area contributed by atoms with Crippen LogP contribution in [0.2, 0.25) is 10.0 Å². The quantitative estimate of drug-likeness (QED) is 0.693. The predicted octanol–water partition coefficient (Wildman–Crippen LogP) is 5.48. The Balaban J connectivity index is 1.89. The van der Waals surface area contributed by atoms with Crippen LogP contribution in [-0.4, -0.2) is 12.1 Å². The minimum absolute atomic E-state index is 0.00727. The lowest BCUT2D eigenvalue weighted by atomic mass is 9.95. The van der Waals surface area contributed by atoms with Crippen LogP contribution in [0.25, 0.3) is 10.8 Å². The molecule has 0 N–H and O–H groups in total. The first-order valence-electron chi connectivity index (χ1n) is 7.61. The molecular weight excluding hydrogens is 319 g/mol. The first-order valence-corrected chi connectivity index (χ1v) is 8.37. The molecule has 0 saturated carbocycles. The van der Waals surface area contributed by atoms with Crippen molar-refractivity contribution in [1.82, 2.24) is 0 Å². The molecule has 0 aliphatic carbocycles. The molecule has 1 unspecified atom stereocenters. The number of esters is 1. The highest BCUT2D eigenvalue weighted by Gasteiger charge is 2.21. The van der Waals surface area contributed by atoms with E-state index < -0.39 is 0 Å². The fraction of sp³-hybridized carbons (Fsp3) is 0.389.